The van der Waals surface area contributed by atoms with Crippen molar-refractivity contribution in [1.82, 2.24) is 0 Å². The molecular formula is C10H14N4. The van der Waals surface area contributed by atoms with E-state index in [0.717, 1.165) is 11.1 Å². The third-order valence-electron chi connectivity index (χ3n) is 2.54. The molecule has 0 amide bonds. The molecule has 0 spiro atoms. The second-order valence-electron chi connectivity index (χ2n) is 3.70. The summed E-state index contributed by atoms with van der Waals surface area (Å²) in [6, 6.07) is 5.14. The minimum absolute atomic E-state index is 0.386. The van der Waals surface area contributed by atoms with Crippen molar-refractivity contribution < 1.29 is 0 Å². The fourth-order valence-electron chi connectivity index (χ4n) is 1.63. The van der Waals surface area contributed by atoms with Crippen LogP contribution < -0.4 is 22.9 Å². The molecule has 1 aliphatic rings. The SMILES string of the molecule is Nc1ccc2c(c1)C=CC(N)(N)C2N. The van der Waals surface area contributed by atoms with Crippen LogP contribution in [-0.2, 0) is 0 Å². The molecule has 1 aromatic rings. The highest BCUT2D eigenvalue weighted by Gasteiger charge is 2.30. The van der Waals surface area contributed by atoms with Crippen molar-refractivity contribution >= 4 is 11.8 Å². The van der Waals surface area contributed by atoms with E-state index in [4.69, 9.17) is 22.9 Å². The molecule has 1 unspecified atom stereocenters. The van der Waals surface area contributed by atoms with Gasteiger partial charge >= 0.3 is 0 Å². The summed E-state index contributed by atoms with van der Waals surface area (Å²) in [5.41, 5.74) is 24.9. The smallest absolute Gasteiger partial charge is 0.103 e. The number of nitrogens with two attached hydrogens (primary N) is 4. The highest BCUT2D eigenvalue weighted by molar-refractivity contribution is 5.64. The fourth-order valence-corrected chi connectivity index (χ4v) is 1.63. The van der Waals surface area contributed by atoms with Crippen molar-refractivity contribution in [2.75, 3.05) is 5.73 Å². The lowest BCUT2D eigenvalue weighted by molar-refractivity contribution is 0.444. The number of anilines is 1. The molecule has 1 atom stereocenters. The molecule has 0 saturated heterocycles. The van der Waals surface area contributed by atoms with E-state index in [9.17, 15) is 0 Å². The van der Waals surface area contributed by atoms with Gasteiger partial charge in [-0.05, 0) is 29.3 Å². The maximum absolute atomic E-state index is 5.93. The number of nitrogen functional groups attached to an aromatic ring is 1. The molecule has 0 heterocycles. The minimum atomic E-state index is -0.969. The Morgan fingerprint density at radius 3 is 2.64 bits per heavy atom. The van der Waals surface area contributed by atoms with E-state index < -0.39 is 5.66 Å². The molecule has 4 nitrogen and oxygen atoms in total. The van der Waals surface area contributed by atoms with Gasteiger partial charge in [0, 0.05) is 5.69 Å². The Morgan fingerprint density at radius 2 is 1.93 bits per heavy atom. The van der Waals surface area contributed by atoms with Gasteiger partial charge in [-0.1, -0.05) is 12.1 Å². The van der Waals surface area contributed by atoms with Gasteiger partial charge in [-0.15, -0.1) is 0 Å². The van der Waals surface area contributed by atoms with Crippen molar-refractivity contribution in [1.29, 1.82) is 0 Å². The third-order valence-corrected chi connectivity index (χ3v) is 2.54. The monoisotopic (exact) mass is 190 g/mol. The lowest BCUT2D eigenvalue weighted by Crippen LogP contribution is -2.56. The molecule has 0 bridgehead atoms. The van der Waals surface area contributed by atoms with Crippen LogP contribution >= 0.6 is 0 Å². The molecule has 0 aromatic heterocycles. The highest BCUT2D eigenvalue weighted by Crippen LogP contribution is 2.30. The maximum atomic E-state index is 5.93. The summed E-state index contributed by atoms with van der Waals surface area (Å²) in [5, 5.41) is 0. The number of benzene rings is 1. The van der Waals surface area contributed by atoms with Crippen molar-refractivity contribution in [3.05, 3.63) is 35.4 Å². The Morgan fingerprint density at radius 1 is 1.21 bits per heavy atom. The fraction of sp³-hybridized carbons (Fsp3) is 0.200. The predicted octanol–water partition coefficient (Wildman–Crippen LogP) is -0.0909. The first-order valence-electron chi connectivity index (χ1n) is 4.43. The first-order chi connectivity index (χ1) is 6.50. The van der Waals surface area contributed by atoms with Gasteiger partial charge in [0.15, 0.2) is 0 Å². The zero-order valence-electron chi connectivity index (χ0n) is 7.77. The largest absolute Gasteiger partial charge is 0.399 e. The lowest BCUT2D eigenvalue weighted by atomic mass is 9.86. The predicted molar refractivity (Wildman–Crippen MR) is 57.9 cm³/mol. The topological polar surface area (TPSA) is 104 Å². The quantitative estimate of drug-likeness (QED) is 0.339. The average Bonchev–Trinajstić information content (AvgIpc) is 2.12. The molecule has 1 aliphatic carbocycles. The molecule has 8 N–H and O–H groups in total. The molecule has 1 aromatic carbocycles. The summed E-state index contributed by atoms with van der Waals surface area (Å²) in [6.45, 7) is 0. The average molecular weight is 190 g/mol. The van der Waals surface area contributed by atoms with E-state index in [1.54, 1.807) is 12.1 Å². The summed E-state index contributed by atoms with van der Waals surface area (Å²) in [5.74, 6) is 0. The zero-order chi connectivity index (χ0) is 10.3. The summed E-state index contributed by atoms with van der Waals surface area (Å²) in [6.07, 6.45) is 3.56. The van der Waals surface area contributed by atoms with Gasteiger partial charge in [0.25, 0.3) is 0 Å². The highest BCUT2D eigenvalue weighted by atomic mass is 15.0. The third kappa shape index (κ3) is 1.29. The van der Waals surface area contributed by atoms with Crippen molar-refractivity contribution in [2.24, 2.45) is 17.2 Å². The zero-order valence-corrected chi connectivity index (χ0v) is 7.77. The van der Waals surface area contributed by atoms with E-state index in [-0.39, 0.29) is 6.04 Å². The second kappa shape index (κ2) is 2.81. The Balaban J connectivity index is 2.55. The van der Waals surface area contributed by atoms with Crippen LogP contribution in [-0.4, -0.2) is 5.66 Å². The van der Waals surface area contributed by atoms with Crippen LogP contribution in [0.25, 0.3) is 6.08 Å². The van der Waals surface area contributed by atoms with Crippen LogP contribution in [0.4, 0.5) is 5.69 Å². The maximum Gasteiger partial charge on any atom is 0.103 e. The summed E-state index contributed by atoms with van der Waals surface area (Å²) >= 11 is 0. The number of hydrogen-bond acceptors (Lipinski definition) is 4. The van der Waals surface area contributed by atoms with Crippen LogP contribution in [0.1, 0.15) is 17.2 Å². The Labute approximate surface area is 82.6 Å². The van der Waals surface area contributed by atoms with Crippen molar-refractivity contribution in [3.8, 4) is 0 Å². The summed E-state index contributed by atoms with van der Waals surface area (Å²) in [7, 11) is 0. The van der Waals surface area contributed by atoms with Crippen LogP contribution in [0, 0.1) is 0 Å². The first kappa shape index (κ1) is 9.21. The summed E-state index contributed by atoms with van der Waals surface area (Å²) in [4.78, 5) is 0. The van der Waals surface area contributed by atoms with Gasteiger partial charge in [-0.25, -0.2) is 0 Å². The van der Waals surface area contributed by atoms with Crippen molar-refractivity contribution in [2.45, 2.75) is 11.7 Å². The van der Waals surface area contributed by atoms with E-state index in [2.05, 4.69) is 0 Å². The molecule has 14 heavy (non-hydrogen) atoms. The molecule has 4 heteroatoms. The van der Waals surface area contributed by atoms with Crippen LogP contribution in [0.3, 0.4) is 0 Å². The van der Waals surface area contributed by atoms with E-state index in [0.29, 0.717) is 5.69 Å². The molecule has 0 aliphatic heterocycles. The molecule has 74 valence electrons. The normalized spacial score (nSPS) is 23.2. The first-order valence-corrected chi connectivity index (χ1v) is 4.43. The Kier molecular flexibility index (Phi) is 1.85. The van der Waals surface area contributed by atoms with Gasteiger partial charge in [0.1, 0.15) is 5.66 Å². The number of hydrogen-bond donors (Lipinski definition) is 4. The van der Waals surface area contributed by atoms with E-state index in [1.807, 2.05) is 18.2 Å². The summed E-state index contributed by atoms with van der Waals surface area (Å²) < 4.78 is 0. The van der Waals surface area contributed by atoms with Gasteiger partial charge < -0.3 is 22.9 Å². The Bertz CT molecular complexity index is 395. The van der Waals surface area contributed by atoms with Crippen LogP contribution in [0.5, 0.6) is 0 Å². The Hall–Kier alpha value is -1.36. The van der Waals surface area contributed by atoms with Crippen molar-refractivity contribution in [3.63, 3.8) is 0 Å². The van der Waals surface area contributed by atoms with E-state index >= 15 is 0 Å². The van der Waals surface area contributed by atoms with Crippen LogP contribution in [0.2, 0.25) is 0 Å². The molecule has 0 fully saturated rings. The molecular weight excluding hydrogens is 176 g/mol. The van der Waals surface area contributed by atoms with E-state index in [1.165, 1.54) is 0 Å². The second-order valence-corrected chi connectivity index (χ2v) is 3.70. The standard InChI is InChI=1S/C10H14N4/c11-7-1-2-8-6(5-7)3-4-10(13,14)9(8)12/h1-5,9H,11-14H2. The molecule has 0 radical (unpaired) electrons. The van der Waals surface area contributed by atoms with Gasteiger partial charge in [0.2, 0.25) is 0 Å². The van der Waals surface area contributed by atoms with Gasteiger partial charge in [-0.2, -0.15) is 0 Å². The van der Waals surface area contributed by atoms with Gasteiger partial charge in [0.05, 0.1) is 6.04 Å². The molecule has 0 saturated carbocycles. The molecule has 2 rings (SSSR count). The minimum Gasteiger partial charge on any atom is -0.399 e. The van der Waals surface area contributed by atoms with Gasteiger partial charge in [-0.3, -0.25) is 0 Å². The number of rotatable bonds is 0. The lowest BCUT2D eigenvalue weighted by Gasteiger charge is -2.32. The number of fused-ring (bicyclic) bond motifs is 1. The van der Waals surface area contributed by atoms with Crippen LogP contribution in [0.15, 0.2) is 24.3 Å².